The van der Waals surface area contributed by atoms with Crippen molar-refractivity contribution in [2.45, 2.75) is 25.3 Å². The van der Waals surface area contributed by atoms with Crippen molar-refractivity contribution in [2.75, 3.05) is 13.1 Å². The van der Waals surface area contributed by atoms with Gasteiger partial charge in [0.1, 0.15) is 5.82 Å². The van der Waals surface area contributed by atoms with Crippen LogP contribution in [0, 0.1) is 0 Å². The van der Waals surface area contributed by atoms with Crippen LogP contribution in [0.25, 0.3) is 11.3 Å². The van der Waals surface area contributed by atoms with Gasteiger partial charge in [0, 0.05) is 48.2 Å². The molecule has 4 rings (SSSR count). The molecular formula is C21H23ClN4. The first kappa shape index (κ1) is 17.3. The number of likely N-dealkylation sites (tertiary alicyclic amines) is 1. The van der Waals surface area contributed by atoms with E-state index in [0.29, 0.717) is 5.92 Å². The molecule has 0 saturated carbocycles. The molecule has 3 aromatic rings. The summed E-state index contributed by atoms with van der Waals surface area (Å²) in [6.07, 6.45) is 6.25. The first-order valence-corrected chi connectivity index (χ1v) is 9.48. The monoisotopic (exact) mass is 366 g/mol. The standard InChI is InChI=1S/C21H23ClN4/c1-25-12-10-23-21(25)15-26-11-4-6-17(14-26)20-9-3-8-19(24-20)16-5-2-7-18(22)13-16/h2-3,5,7-10,12-13,17H,4,6,11,14-15H2,1H3. The molecule has 26 heavy (non-hydrogen) atoms. The van der Waals surface area contributed by atoms with E-state index >= 15 is 0 Å². The Morgan fingerprint density at radius 2 is 2.08 bits per heavy atom. The third kappa shape index (κ3) is 3.81. The largest absolute Gasteiger partial charge is 0.337 e. The van der Waals surface area contributed by atoms with Gasteiger partial charge in [-0.1, -0.05) is 29.8 Å². The molecule has 2 aromatic heterocycles. The molecule has 0 aliphatic carbocycles. The normalized spacial score (nSPS) is 18.2. The molecule has 1 unspecified atom stereocenters. The fourth-order valence-corrected chi connectivity index (χ4v) is 3.87. The molecule has 1 aliphatic heterocycles. The van der Waals surface area contributed by atoms with Crippen LogP contribution < -0.4 is 0 Å². The Morgan fingerprint density at radius 1 is 1.19 bits per heavy atom. The van der Waals surface area contributed by atoms with Gasteiger partial charge in [-0.05, 0) is 43.7 Å². The smallest absolute Gasteiger partial charge is 0.122 e. The average Bonchev–Trinajstić information content (AvgIpc) is 3.07. The third-order valence-electron chi connectivity index (χ3n) is 5.10. The SMILES string of the molecule is Cn1ccnc1CN1CCCC(c2cccc(-c3cccc(Cl)c3)n2)C1. The van der Waals surface area contributed by atoms with E-state index in [1.165, 1.54) is 18.5 Å². The minimum Gasteiger partial charge on any atom is -0.337 e. The fraction of sp³-hybridized carbons (Fsp3) is 0.333. The summed E-state index contributed by atoms with van der Waals surface area (Å²) in [6, 6.07) is 14.2. The van der Waals surface area contributed by atoms with Gasteiger partial charge in [-0.15, -0.1) is 0 Å². The highest BCUT2D eigenvalue weighted by Gasteiger charge is 2.23. The molecule has 1 aromatic carbocycles. The zero-order chi connectivity index (χ0) is 17.9. The third-order valence-corrected chi connectivity index (χ3v) is 5.34. The van der Waals surface area contributed by atoms with Crippen molar-refractivity contribution < 1.29 is 0 Å². The van der Waals surface area contributed by atoms with Gasteiger partial charge >= 0.3 is 0 Å². The summed E-state index contributed by atoms with van der Waals surface area (Å²) in [4.78, 5) is 11.9. The van der Waals surface area contributed by atoms with Crippen molar-refractivity contribution in [1.82, 2.24) is 19.4 Å². The maximum atomic E-state index is 6.14. The van der Waals surface area contributed by atoms with E-state index in [9.17, 15) is 0 Å². The molecule has 134 valence electrons. The zero-order valence-corrected chi connectivity index (χ0v) is 15.7. The Hall–Kier alpha value is -2.17. The number of aryl methyl sites for hydroxylation is 1. The van der Waals surface area contributed by atoms with E-state index in [4.69, 9.17) is 16.6 Å². The van der Waals surface area contributed by atoms with Crippen LogP contribution in [-0.4, -0.2) is 32.5 Å². The molecule has 0 amide bonds. The van der Waals surface area contributed by atoms with Gasteiger partial charge in [-0.2, -0.15) is 0 Å². The lowest BCUT2D eigenvalue weighted by Crippen LogP contribution is -2.34. The van der Waals surface area contributed by atoms with Gasteiger partial charge in [-0.3, -0.25) is 9.88 Å². The molecule has 1 atom stereocenters. The van der Waals surface area contributed by atoms with Crippen molar-refractivity contribution >= 4 is 11.6 Å². The number of pyridine rings is 1. The molecule has 5 heteroatoms. The maximum Gasteiger partial charge on any atom is 0.122 e. The Bertz CT molecular complexity index is 889. The predicted octanol–water partition coefficient (Wildman–Crippen LogP) is 4.52. The van der Waals surface area contributed by atoms with Crippen molar-refractivity contribution in [3.8, 4) is 11.3 Å². The summed E-state index contributed by atoms with van der Waals surface area (Å²) in [5.41, 5.74) is 3.23. The second kappa shape index (κ2) is 7.60. The van der Waals surface area contributed by atoms with E-state index in [2.05, 4.69) is 45.8 Å². The Morgan fingerprint density at radius 3 is 2.88 bits per heavy atom. The maximum absolute atomic E-state index is 6.14. The number of hydrogen-bond acceptors (Lipinski definition) is 3. The molecule has 0 bridgehead atoms. The van der Waals surface area contributed by atoms with Gasteiger partial charge < -0.3 is 4.57 Å². The van der Waals surface area contributed by atoms with E-state index in [-0.39, 0.29) is 0 Å². The highest BCUT2D eigenvalue weighted by Crippen LogP contribution is 2.29. The highest BCUT2D eigenvalue weighted by molar-refractivity contribution is 6.30. The topological polar surface area (TPSA) is 34.0 Å². The number of halogens is 1. The van der Waals surface area contributed by atoms with Gasteiger partial charge in [0.2, 0.25) is 0 Å². The van der Waals surface area contributed by atoms with Crippen LogP contribution in [0.2, 0.25) is 5.02 Å². The lowest BCUT2D eigenvalue weighted by Gasteiger charge is -2.32. The second-order valence-corrected chi connectivity index (χ2v) is 7.42. The van der Waals surface area contributed by atoms with Gasteiger partial charge in [0.25, 0.3) is 0 Å². The number of nitrogens with zero attached hydrogens (tertiary/aromatic N) is 4. The summed E-state index contributed by atoms with van der Waals surface area (Å²) >= 11 is 6.14. The Kier molecular flexibility index (Phi) is 5.05. The van der Waals surface area contributed by atoms with Gasteiger partial charge in [0.05, 0.1) is 12.2 Å². The predicted molar refractivity (Wildman–Crippen MR) is 105 cm³/mol. The Labute approximate surface area is 159 Å². The highest BCUT2D eigenvalue weighted by atomic mass is 35.5. The molecule has 1 saturated heterocycles. The second-order valence-electron chi connectivity index (χ2n) is 6.99. The molecular weight excluding hydrogens is 344 g/mol. The van der Waals surface area contributed by atoms with Crippen LogP contribution in [0.5, 0.6) is 0 Å². The number of rotatable bonds is 4. The van der Waals surface area contributed by atoms with Crippen LogP contribution in [0.15, 0.2) is 54.9 Å². The van der Waals surface area contributed by atoms with E-state index in [1.807, 2.05) is 30.6 Å². The van der Waals surface area contributed by atoms with Crippen molar-refractivity contribution in [1.29, 1.82) is 0 Å². The van der Waals surface area contributed by atoms with E-state index in [0.717, 1.165) is 41.7 Å². The summed E-state index contributed by atoms with van der Waals surface area (Å²) < 4.78 is 2.10. The van der Waals surface area contributed by atoms with Gasteiger partial charge in [0.15, 0.2) is 0 Å². The number of aromatic nitrogens is 3. The molecule has 0 radical (unpaired) electrons. The fourth-order valence-electron chi connectivity index (χ4n) is 3.68. The molecule has 0 N–H and O–H groups in total. The molecule has 4 nitrogen and oxygen atoms in total. The molecule has 1 fully saturated rings. The van der Waals surface area contributed by atoms with Crippen molar-refractivity contribution in [3.05, 3.63) is 71.4 Å². The lowest BCUT2D eigenvalue weighted by molar-refractivity contribution is 0.192. The van der Waals surface area contributed by atoms with Crippen LogP contribution in [0.3, 0.4) is 0 Å². The van der Waals surface area contributed by atoms with Gasteiger partial charge in [-0.25, -0.2) is 4.98 Å². The molecule has 1 aliphatic rings. The minimum atomic E-state index is 0.461. The number of piperidine rings is 1. The summed E-state index contributed by atoms with van der Waals surface area (Å²) in [7, 11) is 2.06. The van der Waals surface area contributed by atoms with Crippen LogP contribution in [0.4, 0.5) is 0 Å². The summed E-state index contributed by atoms with van der Waals surface area (Å²) in [5, 5.41) is 0.744. The lowest BCUT2D eigenvalue weighted by atomic mass is 9.94. The van der Waals surface area contributed by atoms with Crippen molar-refractivity contribution in [3.63, 3.8) is 0 Å². The quantitative estimate of drug-likeness (QED) is 0.681. The zero-order valence-electron chi connectivity index (χ0n) is 15.0. The average molecular weight is 367 g/mol. The summed E-state index contributed by atoms with van der Waals surface area (Å²) in [6.45, 7) is 3.05. The summed E-state index contributed by atoms with van der Waals surface area (Å²) in [5.74, 6) is 1.58. The van der Waals surface area contributed by atoms with E-state index < -0.39 is 0 Å². The molecule has 3 heterocycles. The molecule has 0 spiro atoms. The number of hydrogen-bond donors (Lipinski definition) is 0. The minimum absolute atomic E-state index is 0.461. The van der Waals surface area contributed by atoms with Crippen molar-refractivity contribution in [2.24, 2.45) is 7.05 Å². The Balaban J connectivity index is 1.52. The number of benzene rings is 1. The van der Waals surface area contributed by atoms with E-state index in [1.54, 1.807) is 0 Å². The van der Waals surface area contributed by atoms with Crippen LogP contribution in [0.1, 0.15) is 30.3 Å². The first-order chi connectivity index (χ1) is 12.7. The van der Waals surface area contributed by atoms with Crippen LogP contribution >= 0.6 is 11.6 Å². The van der Waals surface area contributed by atoms with Crippen LogP contribution in [-0.2, 0) is 13.6 Å². The first-order valence-electron chi connectivity index (χ1n) is 9.10. The number of imidazole rings is 1.